The summed E-state index contributed by atoms with van der Waals surface area (Å²) in [7, 11) is -15.3. The van der Waals surface area contributed by atoms with Crippen molar-refractivity contribution in [3.05, 3.63) is 6.33 Å². The lowest BCUT2D eigenvalue weighted by molar-refractivity contribution is -0.0493. The molecule has 9 N–H and O–H groups in total. The number of nitrogens with two attached hydrogens (primary N) is 1. The van der Waals surface area contributed by atoms with E-state index in [2.05, 4.69) is 33.4 Å². The quantitative estimate of drug-likeness (QED) is 0.104. The first-order chi connectivity index (χ1) is 16.6. The van der Waals surface area contributed by atoms with Gasteiger partial charge in [-0.3, -0.25) is 9.09 Å². The smallest absolute Gasteiger partial charge is 0.387 e. The lowest BCUT2D eigenvalue weighted by atomic mass is 10.1. The van der Waals surface area contributed by atoms with Gasteiger partial charge in [0, 0.05) is 13.7 Å². The summed E-state index contributed by atoms with van der Waals surface area (Å²) in [6.45, 7) is -0.466. The molecule has 6 unspecified atom stereocenters. The molecule has 1 fully saturated rings. The van der Waals surface area contributed by atoms with Crippen LogP contribution in [0, 0.1) is 0 Å². The van der Waals surface area contributed by atoms with Crippen molar-refractivity contribution in [1.82, 2.24) is 19.5 Å². The van der Waals surface area contributed by atoms with Crippen LogP contribution in [0.1, 0.15) is 6.23 Å². The Morgan fingerprint density at radius 2 is 1.81 bits per heavy atom. The molecule has 0 bridgehead atoms. The summed E-state index contributed by atoms with van der Waals surface area (Å²) in [6, 6.07) is 0. The average Bonchev–Trinajstić information content (AvgIpc) is 3.22. The number of nitrogens with zero attached hydrogens (tertiary/aromatic N) is 4. The van der Waals surface area contributed by atoms with Crippen LogP contribution in [-0.2, 0) is 36.3 Å². The van der Waals surface area contributed by atoms with Crippen LogP contribution in [-0.4, -0.2) is 94.5 Å². The van der Waals surface area contributed by atoms with Crippen LogP contribution >= 0.6 is 23.5 Å². The molecule has 0 aliphatic carbocycles. The van der Waals surface area contributed by atoms with E-state index in [0.29, 0.717) is 0 Å². The third kappa shape index (κ3) is 7.03. The van der Waals surface area contributed by atoms with E-state index in [-0.39, 0.29) is 36.1 Å². The maximum atomic E-state index is 12.0. The van der Waals surface area contributed by atoms with Gasteiger partial charge in [-0.2, -0.15) is 8.62 Å². The van der Waals surface area contributed by atoms with Gasteiger partial charge < -0.3 is 50.3 Å². The number of phosphoric acid groups is 3. The fraction of sp³-hybridized carbons (Fsp3) is 0.615. The van der Waals surface area contributed by atoms with E-state index in [1.807, 2.05) is 0 Å². The predicted molar refractivity (Wildman–Crippen MR) is 116 cm³/mol. The Labute approximate surface area is 201 Å². The van der Waals surface area contributed by atoms with Gasteiger partial charge in [-0.15, -0.1) is 0 Å². The Morgan fingerprint density at radius 1 is 1.11 bits per heavy atom. The Morgan fingerprint density at radius 3 is 2.44 bits per heavy atom. The number of aromatic nitrogens is 4. The Balaban J connectivity index is 1.79. The van der Waals surface area contributed by atoms with Crippen LogP contribution in [0.15, 0.2) is 6.33 Å². The van der Waals surface area contributed by atoms with Crippen LogP contribution in [0.25, 0.3) is 11.2 Å². The summed E-state index contributed by atoms with van der Waals surface area (Å²) in [4.78, 5) is 48.1. The van der Waals surface area contributed by atoms with Crippen molar-refractivity contribution in [3.8, 4) is 0 Å². The molecule has 3 heterocycles. The summed E-state index contributed by atoms with van der Waals surface area (Å²) < 4.78 is 57.6. The standard InChI is InChI=1S/C13H23N6O14P3/c1-29-3-2-15-13-18-7-10(14)16-5-17-11(7)19(13)12-9(21)8(20)6(31-12)4-30-35(25,26)33-36(27,28)32-34(22,23)24/h5-6,8-9,12,20-21H,2-4H2,1H3,(H,15,18)(H,25,26)(H,27,28)(H2,14,16,17)(H2,22,23,24). The van der Waals surface area contributed by atoms with Crippen LogP contribution in [0.4, 0.5) is 11.8 Å². The molecule has 20 nitrogen and oxygen atoms in total. The second-order valence-electron chi connectivity index (χ2n) is 7.09. The molecule has 204 valence electrons. The number of aliphatic hydroxyl groups is 2. The van der Waals surface area contributed by atoms with Gasteiger partial charge in [-0.25, -0.2) is 28.6 Å². The van der Waals surface area contributed by atoms with Gasteiger partial charge in [0.1, 0.15) is 24.6 Å². The molecule has 23 heteroatoms. The molecule has 6 atom stereocenters. The highest BCUT2D eigenvalue weighted by atomic mass is 31.3. The molecule has 0 aromatic carbocycles. The maximum absolute atomic E-state index is 12.0. The molecular weight excluding hydrogens is 557 g/mol. The van der Waals surface area contributed by atoms with E-state index in [1.54, 1.807) is 0 Å². The number of aliphatic hydroxyl groups excluding tert-OH is 2. The lowest BCUT2D eigenvalue weighted by Gasteiger charge is -2.20. The van der Waals surface area contributed by atoms with Crippen molar-refractivity contribution in [1.29, 1.82) is 0 Å². The van der Waals surface area contributed by atoms with Crippen molar-refractivity contribution in [2.75, 3.05) is 37.9 Å². The molecule has 2 aromatic heterocycles. The molecule has 1 saturated heterocycles. The SMILES string of the molecule is COCCNc1nc2c(N)ncnc2n1C1OC(COP(=O)(O)OP(=O)(O)OP(=O)(O)O)C(O)C1O. The lowest BCUT2D eigenvalue weighted by Crippen LogP contribution is -2.34. The van der Waals surface area contributed by atoms with Crippen molar-refractivity contribution in [2.45, 2.75) is 24.5 Å². The van der Waals surface area contributed by atoms with Gasteiger partial charge in [-0.05, 0) is 0 Å². The third-order valence-electron chi connectivity index (χ3n) is 4.50. The van der Waals surface area contributed by atoms with E-state index in [1.165, 1.54) is 11.7 Å². The zero-order chi connectivity index (χ0) is 26.9. The molecular formula is C13H23N6O14P3. The van der Waals surface area contributed by atoms with Crippen molar-refractivity contribution in [2.24, 2.45) is 0 Å². The molecule has 0 amide bonds. The van der Waals surface area contributed by atoms with Gasteiger partial charge >= 0.3 is 23.5 Å². The largest absolute Gasteiger partial charge is 0.490 e. The van der Waals surface area contributed by atoms with Gasteiger partial charge in [0.2, 0.25) is 5.95 Å². The number of nitrogens with one attached hydrogen (secondary N) is 1. The molecule has 0 radical (unpaired) electrons. The number of hydrogen-bond donors (Lipinski definition) is 8. The zero-order valence-electron chi connectivity index (χ0n) is 18.2. The minimum absolute atomic E-state index is 0.00536. The van der Waals surface area contributed by atoms with Crippen LogP contribution < -0.4 is 11.1 Å². The van der Waals surface area contributed by atoms with Crippen molar-refractivity contribution in [3.63, 3.8) is 0 Å². The number of rotatable bonds is 12. The average molecular weight is 580 g/mol. The minimum Gasteiger partial charge on any atom is -0.387 e. The highest BCUT2D eigenvalue weighted by Crippen LogP contribution is 2.66. The number of nitrogen functional groups attached to an aromatic ring is 1. The Kier molecular flexibility index (Phi) is 8.87. The van der Waals surface area contributed by atoms with Gasteiger partial charge in [0.05, 0.1) is 13.2 Å². The number of ether oxygens (including phenoxy) is 2. The number of hydrogen-bond acceptors (Lipinski definition) is 15. The normalized spacial score (nSPS) is 26.1. The fourth-order valence-electron chi connectivity index (χ4n) is 3.11. The minimum atomic E-state index is -5.74. The first kappa shape index (κ1) is 29.0. The fourth-order valence-corrected chi connectivity index (χ4v) is 6.14. The summed E-state index contributed by atoms with van der Waals surface area (Å²) in [6.07, 6.45) is -5.18. The van der Waals surface area contributed by atoms with E-state index >= 15 is 0 Å². The summed E-state index contributed by atoms with van der Waals surface area (Å²) in [5.41, 5.74) is 6.08. The van der Waals surface area contributed by atoms with Crippen LogP contribution in [0.2, 0.25) is 0 Å². The highest BCUT2D eigenvalue weighted by molar-refractivity contribution is 7.66. The molecule has 0 saturated carbocycles. The first-order valence-corrected chi connectivity index (χ1v) is 14.2. The van der Waals surface area contributed by atoms with Gasteiger partial charge in [0.25, 0.3) is 0 Å². The van der Waals surface area contributed by atoms with E-state index in [4.69, 9.17) is 25.0 Å². The molecule has 36 heavy (non-hydrogen) atoms. The monoisotopic (exact) mass is 580 g/mol. The van der Waals surface area contributed by atoms with Crippen molar-refractivity contribution >= 4 is 46.4 Å². The second kappa shape index (κ2) is 11.0. The molecule has 0 spiro atoms. The van der Waals surface area contributed by atoms with Crippen LogP contribution in [0.3, 0.4) is 0 Å². The maximum Gasteiger partial charge on any atom is 0.490 e. The number of fused-ring (bicyclic) bond motifs is 1. The highest BCUT2D eigenvalue weighted by Gasteiger charge is 2.47. The molecule has 1 aliphatic heterocycles. The van der Waals surface area contributed by atoms with E-state index in [0.717, 1.165) is 6.33 Å². The number of methoxy groups -OCH3 is 1. The molecule has 2 aromatic rings. The van der Waals surface area contributed by atoms with E-state index < -0.39 is 54.6 Å². The first-order valence-electron chi connectivity index (χ1n) is 9.65. The Bertz CT molecular complexity index is 1220. The summed E-state index contributed by atoms with van der Waals surface area (Å²) in [5, 5.41) is 23.9. The Hall–Kier alpha value is -1.60. The zero-order valence-corrected chi connectivity index (χ0v) is 20.8. The van der Waals surface area contributed by atoms with Crippen LogP contribution in [0.5, 0.6) is 0 Å². The molecule has 1 aliphatic rings. The predicted octanol–water partition coefficient (Wildman–Crippen LogP) is -1.57. The number of imidazole rings is 1. The van der Waals surface area contributed by atoms with Gasteiger partial charge in [0.15, 0.2) is 23.2 Å². The topological polar surface area (TPSA) is 300 Å². The summed E-state index contributed by atoms with van der Waals surface area (Å²) in [5.74, 6) is 0.102. The number of phosphoric ester groups is 1. The number of anilines is 2. The molecule has 3 rings (SSSR count). The summed E-state index contributed by atoms with van der Waals surface area (Å²) >= 11 is 0. The second-order valence-corrected chi connectivity index (χ2v) is 11.5. The van der Waals surface area contributed by atoms with Gasteiger partial charge in [-0.1, -0.05) is 0 Å². The van der Waals surface area contributed by atoms with Crippen molar-refractivity contribution < 1.29 is 66.1 Å². The third-order valence-corrected chi connectivity index (χ3v) is 8.31. The van der Waals surface area contributed by atoms with E-state index in [9.17, 15) is 33.7 Å².